The predicted octanol–water partition coefficient (Wildman–Crippen LogP) is 3.09. The van der Waals surface area contributed by atoms with Crippen LogP contribution in [0.4, 0.5) is 4.39 Å². The molecule has 0 atom stereocenters. The maximum atomic E-state index is 13.6. The van der Waals surface area contributed by atoms with Crippen molar-refractivity contribution >= 4 is 9.84 Å². The molecule has 0 saturated carbocycles. The fraction of sp³-hybridized carbons (Fsp3) is 0.118. The van der Waals surface area contributed by atoms with E-state index in [2.05, 4.69) is 4.98 Å². The summed E-state index contributed by atoms with van der Waals surface area (Å²) >= 11 is 0. The standard InChI is InChI=1S/C17H15FN2O3S/c1-23-17-9-12(3-8-15(17)18)16-10-19-11-20(16)13-4-6-14(7-5-13)24(2,21)22/h3-11H,1-2H3. The third-order valence-electron chi connectivity index (χ3n) is 3.63. The summed E-state index contributed by atoms with van der Waals surface area (Å²) in [6.07, 6.45) is 4.42. The van der Waals surface area contributed by atoms with E-state index >= 15 is 0 Å². The molecule has 1 heterocycles. The first-order valence-electron chi connectivity index (χ1n) is 7.07. The van der Waals surface area contributed by atoms with Crippen LogP contribution in [0.25, 0.3) is 16.9 Å². The van der Waals surface area contributed by atoms with Gasteiger partial charge in [0.05, 0.1) is 30.2 Å². The summed E-state index contributed by atoms with van der Waals surface area (Å²) in [6.45, 7) is 0. The number of nitrogens with zero attached hydrogens (tertiary/aromatic N) is 2. The lowest BCUT2D eigenvalue weighted by Crippen LogP contribution is -1.99. The third-order valence-corrected chi connectivity index (χ3v) is 4.76. The number of ether oxygens (including phenoxy) is 1. The zero-order chi connectivity index (χ0) is 17.3. The van der Waals surface area contributed by atoms with E-state index in [9.17, 15) is 12.8 Å². The number of halogens is 1. The van der Waals surface area contributed by atoms with Gasteiger partial charge >= 0.3 is 0 Å². The molecule has 0 saturated heterocycles. The number of hydrogen-bond acceptors (Lipinski definition) is 4. The zero-order valence-corrected chi connectivity index (χ0v) is 13.9. The second kappa shape index (κ2) is 6.09. The molecule has 24 heavy (non-hydrogen) atoms. The van der Waals surface area contributed by atoms with Gasteiger partial charge in [-0.15, -0.1) is 0 Å². The van der Waals surface area contributed by atoms with E-state index < -0.39 is 15.7 Å². The number of sulfone groups is 1. The second-order valence-electron chi connectivity index (χ2n) is 5.26. The van der Waals surface area contributed by atoms with Crippen LogP contribution in [-0.2, 0) is 9.84 Å². The highest BCUT2D eigenvalue weighted by Gasteiger charge is 2.12. The topological polar surface area (TPSA) is 61.2 Å². The molecule has 0 aliphatic rings. The van der Waals surface area contributed by atoms with Crippen LogP contribution in [0, 0.1) is 5.82 Å². The van der Waals surface area contributed by atoms with Crippen molar-refractivity contribution in [3.63, 3.8) is 0 Å². The molecule has 0 unspecified atom stereocenters. The monoisotopic (exact) mass is 346 g/mol. The average molecular weight is 346 g/mol. The molecule has 7 heteroatoms. The molecule has 124 valence electrons. The van der Waals surface area contributed by atoms with Crippen molar-refractivity contribution in [3.05, 3.63) is 60.8 Å². The van der Waals surface area contributed by atoms with Gasteiger partial charge in [0.25, 0.3) is 0 Å². The van der Waals surface area contributed by atoms with Gasteiger partial charge in [-0.2, -0.15) is 0 Å². The SMILES string of the molecule is COc1cc(-c2cncn2-c2ccc(S(C)(=O)=O)cc2)ccc1F. The first-order valence-corrected chi connectivity index (χ1v) is 8.96. The van der Waals surface area contributed by atoms with Gasteiger partial charge < -0.3 is 4.74 Å². The number of imidazole rings is 1. The molecule has 2 aromatic carbocycles. The minimum Gasteiger partial charge on any atom is -0.494 e. The van der Waals surface area contributed by atoms with Crippen LogP contribution in [0.15, 0.2) is 59.9 Å². The van der Waals surface area contributed by atoms with Crippen LogP contribution in [0.2, 0.25) is 0 Å². The lowest BCUT2D eigenvalue weighted by molar-refractivity contribution is 0.387. The molecule has 0 amide bonds. The molecule has 0 aliphatic heterocycles. The summed E-state index contributed by atoms with van der Waals surface area (Å²) < 4.78 is 43.5. The van der Waals surface area contributed by atoms with Gasteiger partial charge in [0.2, 0.25) is 0 Å². The zero-order valence-electron chi connectivity index (χ0n) is 13.1. The second-order valence-corrected chi connectivity index (χ2v) is 7.28. The maximum absolute atomic E-state index is 13.6. The fourth-order valence-electron chi connectivity index (χ4n) is 2.39. The van der Waals surface area contributed by atoms with Crippen molar-refractivity contribution in [1.82, 2.24) is 9.55 Å². The first-order chi connectivity index (χ1) is 11.4. The maximum Gasteiger partial charge on any atom is 0.175 e. The Kier molecular flexibility index (Phi) is 4.11. The van der Waals surface area contributed by atoms with Crippen molar-refractivity contribution in [3.8, 4) is 22.7 Å². The molecule has 0 N–H and O–H groups in total. The van der Waals surface area contributed by atoms with Gasteiger partial charge in [-0.05, 0) is 42.5 Å². The number of rotatable bonds is 4. The van der Waals surface area contributed by atoms with Crippen LogP contribution in [0.3, 0.4) is 0 Å². The third kappa shape index (κ3) is 3.03. The minimum atomic E-state index is -3.25. The summed E-state index contributed by atoms with van der Waals surface area (Å²) in [7, 11) is -1.84. The van der Waals surface area contributed by atoms with E-state index in [4.69, 9.17) is 4.74 Å². The van der Waals surface area contributed by atoms with Crippen LogP contribution >= 0.6 is 0 Å². The smallest absolute Gasteiger partial charge is 0.175 e. The Morgan fingerprint density at radius 2 is 1.83 bits per heavy atom. The van der Waals surface area contributed by atoms with Gasteiger partial charge in [0.15, 0.2) is 21.4 Å². The van der Waals surface area contributed by atoms with Crippen molar-refractivity contribution in [2.45, 2.75) is 4.90 Å². The molecule has 0 aliphatic carbocycles. The average Bonchev–Trinajstić information content (AvgIpc) is 3.04. The van der Waals surface area contributed by atoms with Gasteiger partial charge in [-0.1, -0.05) is 0 Å². The summed E-state index contributed by atoms with van der Waals surface area (Å²) in [5.41, 5.74) is 2.22. The van der Waals surface area contributed by atoms with Crippen molar-refractivity contribution in [1.29, 1.82) is 0 Å². The fourth-order valence-corrected chi connectivity index (χ4v) is 3.02. The number of methoxy groups -OCH3 is 1. The normalized spacial score (nSPS) is 11.5. The van der Waals surface area contributed by atoms with Gasteiger partial charge in [-0.3, -0.25) is 4.57 Å². The highest BCUT2D eigenvalue weighted by atomic mass is 32.2. The molecular weight excluding hydrogens is 331 g/mol. The Bertz CT molecular complexity index is 979. The lowest BCUT2D eigenvalue weighted by Gasteiger charge is -2.10. The molecule has 0 fully saturated rings. The molecular formula is C17H15FN2O3S. The van der Waals surface area contributed by atoms with Gasteiger partial charge in [-0.25, -0.2) is 17.8 Å². The van der Waals surface area contributed by atoms with E-state index in [1.807, 2.05) is 0 Å². The number of aromatic nitrogens is 2. The summed E-state index contributed by atoms with van der Waals surface area (Å²) in [5.74, 6) is -0.294. The van der Waals surface area contributed by atoms with Crippen molar-refractivity contribution < 1.29 is 17.5 Å². The first kappa shape index (κ1) is 16.2. The predicted molar refractivity (Wildman–Crippen MR) is 88.6 cm³/mol. The Hall–Kier alpha value is -2.67. The highest BCUT2D eigenvalue weighted by Crippen LogP contribution is 2.28. The Morgan fingerprint density at radius 3 is 2.46 bits per heavy atom. The molecule has 3 aromatic rings. The lowest BCUT2D eigenvalue weighted by atomic mass is 10.1. The van der Waals surface area contributed by atoms with E-state index in [1.54, 1.807) is 53.5 Å². The van der Waals surface area contributed by atoms with Crippen LogP contribution in [-0.4, -0.2) is 31.3 Å². The molecule has 3 rings (SSSR count). The summed E-state index contributed by atoms with van der Waals surface area (Å²) in [5, 5.41) is 0. The van der Waals surface area contributed by atoms with Gasteiger partial charge in [0, 0.05) is 17.5 Å². The van der Waals surface area contributed by atoms with E-state index in [1.165, 1.54) is 13.2 Å². The largest absolute Gasteiger partial charge is 0.494 e. The summed E-state index contributed by atoms with van der Waals surface area (Å²) in [6, 6.07) is 11.0. The Labute approximate surface area is 139 Å². The molecule has 1 aromatic heterocycles. The number of benzene rings is 2. The number of hydrogen-bond donors (Lipinski definition) is 0. The molecule has 5 nitrogen and oxygen atoms in total. The Morgan fingerprint density at radius 1 is 1.12 bits per heavy atom. The highest BCUT2D eigenvalue weighted by molar-refractivity contribution is 7.90. The van der Waals surface area contributed by atoms with Gasteiger partial charge in [0.1, 0.15) is 0 Å². The van der Waals surface area contributed by atoms with Crippen molar-refractivity contribution in [2.75, 3.05) is 13.4 Å². The van der Waals surface area contributed by atoms with E-state index in [-0.39, 0.29) is 10.6 Å². The quantitative estimate of drug-likeness (QED) is 0.728. The molecule has 0 bridgehead atoms. The summed E-state index contributed by atoms with van der Waals surface area (Å²) in [4.78, 5) is 4.38. The molecule has 0 spiro atoms. The minimum absolute atomic E-state index is 0.146. The van der Waals surface area contributed by atoms with E-state index in [0.29, 0.717) is 0 Å². The molecule has 0 radical (unpaired) electrons. The van der Waals surface area contributed by atoms with Crippen LogP contribution in [0.5, 0.6) is 5.75 Å². The Balaban J connectivity index is 2.05. The van der Waals surface area contributed by atoms with Crippen LogP contribution in [0.1, 0.15) is 0 Å². The van der Waals surface area contributed by atoms with E-state index in [0.717, 1.165) is 23.2 Å². The van der Waals surface area contributed by atoms with Crippen LogP contribution < -0.4 is 4.74 Å². The van der Waals surface area contributed by atoms with Crippen molar-refractivity contribution in [2.24, 2.45) is 0 Å².